The third kappa shape index (κ3) is 6.67. The molecule has 11 heteroatoms. The molecule has 25 heavy (non-hydrogen) atoms. The lowest BCUT2D eigenvalue weighted by molar-refractivity contribution is -0.137. The number of anilines is 1. The number of ether oxygens (including phenoxy) is 1. The van der Waals surface area contributed by atoms with Gasteiger partial charge in [-0.2, -0.15) is 0 Å². The second-order valence-electron chi connectivity index (χ2n) is 4.48. The SMILES string of the molecule is COC(=O)CSc1nnc(NC(=O)CSCc2c(Cl)cccc2Cl)s1. The lowest BCUT2D eigenvalue weighted by Crippen LogP contribution is -2.14. The van der Waals surface area contributed by atoms with Gasteiger partial charge in [-0.25, -0.2) is 0 Å². The quantitative estimate of drug-likeness (QED) is 0.379. The molecule has 2 aromatic rings. The van der Waals surface area contributed by atoms with Gasteiger partial charge in [0.25, 0.3) is 0 Å². The molecule has 0 atom stereocenters. The summed E-state index contributed by atoms with van der Waals surface area (Å²) in [4.78, 5) is 23.0. The minimum atomic E-state index is -0.347. The Morgan fingerprint density at radius 1 is 1.24 bits per heavy atom. The van der Waals surface area contributed by atoms with Crippen molar-refractivity contribution in [3.63, 3.8) is 0 Å². The van der Waals surface area contributed by atoms with Crippen molar-refractivity contribution < 1.29 is 14.3 Å². The number of methoxy groups -OCH3 is 1. The van der Waals surface area contributed by atoms with E-state index < -0.39 is 0 Å². The van der Waals surface area contributed by atoms with Crippen LogP contribution in [0.15, 0.2) is 22.5 Å². The molecule has 0 unspecified atom stereocenters. The lowest BCUT2D eigenvalue weighted by Gasteiger charge is -2.06. The van der Waals surface area contributed by atoms with E-state index in [-0.39, 0.29) is 23.4 Å². The third-order valence-electron chi connectivity index (χ3n) is 2.74. The van der Waals surface area contributed by atoms with Crippen LogP contribution in [-0.2, 0) is 20.1 Å². The first-order chi connectivity index (χ1) is 12.0. The van der Waals surface area contributed by atoms with Gasteiger partial charge in [-0.1, -0.05) is 52.4 Å². The topological polar surface area (TPSA) is 81.2 Å². The van der Waals surface area contributed by atoms with Gasteiger partial charge < -0.3 is 4.74 Å². The second-order valence-corrected chi connectivity index (χ2v) is 8.48. The van der Waals surface area contributed by atoms with Crippen molar-refractivity contribution in [3.05, 3.63) is 33.8 Å². The van der Waals surface area contributed by atoms with Crippen molar-refractivity contribution in [2.75, 3.05) is 23.9 Å². The number of hydrogen-bond acceptors (Lipinski definition) is 8. The predicted octanol–water partition coefficient (Wildman–Crippen LogP) is 3.98. The van der Waals surface area contributed by atoms with Crippen molar-refractivity contribution in [1.82, 2.24) is 10.2 Å². The number of halogens is 2. The maximum atomic E-state index is 12.0. The molecule has 0 bridgehead atoms. The molecule has 0 aliphatic heterocycles. The summed E-state index contributed by atoms with van der Waals surface area (Å²) in [5, 5.41) is 12.0. The van der Waals surface area contributed by atoms with Gasteiger partial charge >= 0.3 is 5.97 Å². The van der Waals surface area contributed by atoms with E-state index in [9.17, 15) is 9.59 Å². The van der Waals surface area contributed by atoms with Crippen molar-refractivity contribution >= 4 is 75.1 Å². The molecule has 1 aromatic carbocycles. The normalized spacial score (nSPS) is 10.5. The average molecular weight is 438 g/mol. The molecule has 1 aromatic heterocycles. The molecule has 0 spiro atoms. The molecule has 0 aliphatic carbocycles. The Bertz CT molecular complexity index is 738. The minimum absolute atomic E-state index is 0.146. The maximum Gasteiger partial charge on any atom is 0.316 e. The number of carbonyl (C=O) groups excluding carboxylic acids is 2. The van der Waals surface area contributed by atoms with Gasteiger partial charge in [-0.3, -0.25) is 14.9 Å². The average Bonchev–Trinajstić information content (AvgIpc) is 3.02. The summed E-state index contributed by atoms with van der Waals surface area (Å²) in [7, 11) is 1.32. The molecular formula is C14H13Cl2N3O3S3. The number of nitrogens with zero attached hydrogens (tertiary/aromatic N) is 2. The standard InChI is InChI=1S/C14H13Cl2N3O3S3/c1-22-12(21)7-24-14-19-18-13(25-14)17-11(20)6-23-5-8-9(15)3-2-4-10(8)16/h2-4H,5-7H2,1H3,(H,17,18,20). The molecule has 0 fully saturated rings. The predicted molar refractivity (Wildman–Crippen MR) is 104 cm³/mol. The van der Waals surface area contributed by atoms with Crippen molar-refractivity contribution in [1.29, 1.82) is 0 Å². The second kappa shape index (κ2) is 10.2. The van der Waals surface area contributed by atoms with Gasteiger partial charge in [0.15, 0.2) is 4.34 Å². The fourth-order valence-electron chi connectivity index (χ4n) is 1.57. The smallest absolute Gasteiger partial charge is 0.316 e. The van der Waals surface area contributed by atoms with E-state index in [1.807, 2.05) is 0 Å². The molecule has 0 saturated carbocycles. The number of aromatic nitrogens is 2. The number of rotatable bonds is 8. The summed E-state index contributed by atoms with van der Waals surface area (Å²) < 4.78 is 5.13. The van der Waals surface area contributed by atoms with Crippen LogP contribution < -0.4 is 5.32 Å². The number of benzene rings is 1. The Balaban J connectivity index is 1.77. The van der Waals surface area contributed by atoms with E-state index >= 15 is 0 Å². The molecule has 6 nitrogen and oxygen atoms in total. The zero-order valence-corrected chi connectivity index (χ0v) is 16.9. The van der Waals surface area contributed by atoms with Crippen molar-refractivity contribution in [2.24, 2.45) is 0 Å². The van der Waals surface area contributed by atoms with E-state index in [0.717, 1.165) is 5.56 Å². The number of amides is 1. The number of nitrogens with one attached hydrogen (secondary N) is 1. The first kappa shape index (κ1) is 20.3. The van der Waals surface area contributed by atoms with E-state index in [4.69, 9.17) is 23.2 Å². The molecule has 1 heterocycles. The van der Waals surface area contributed by atoms with Gasteiger partial charge in [0.05, 0.1) is 18.6 Å². The van der Waals surface area contributed by atoms with Crippen molar-refractivity contribution in [3.8, 4) is 0 Å². The summed E-state index contributed by atoms with van der Waals surface area (Å²) >= 11 is 16.0. The van der Waals surface area contributed by atoms with Crippen LogP contribution in [0.1, 0.15) is 5.56 Å². The highest BCUT2D eigenvalue weighted by molar-refractivity contribution is 8.01. The fourth-order valence-corrected chi connectivity index (χ4v) is 4.73. The van der Waals surface area contributed by atoms with Crippen LogP contribution in [0.3, 0.4) is 0 Å². The monoisotopic (exact) mass is 437 g/mol. The third-order valence-corrected chi connectivity index (χ3v) is 6.35. The van der Waals surface area contributed by atoms with E-state index in [1.54, 1.807) is 18.2 Å². The van der Waals surface area contributed by atoms with Gasteiger partial charge in [-0.05, 0) is 17.7 Å². The number of carbonyl (C=O) groups is 2. The highest BCUT2D eigenvalue weighted by Crippen LogP contribution is 2.29. The first-order valence-corrected chi connectivity index (χ1v) is 10.5. The van der Waals surface area contributed by atoms with Gasteiger partial charge in [0.1, 0.15) is 0 Å². The molecule has 0 radical (unpaired) electrons. The van der Waals surface area contributed by atoms with Gasteiger partial charge in [0.2, 0.25) is 11.0 Å². The lowest BCUT2D eigenvalue weighted by atomic mass is 10.2. The summed E-state index contributed by atoms with van der Waals surface area (Å²) in [5.41, 5.74) is 0.807. The molecule has 1 amide bonds. The summed E-state index contributed by atoms with van der Waals surface area (Å²) in [5.74, 6) is 0.357. The van der Waals surface area contributed by atoms with E-state index in [1.165, 1.54) is 42.0 Å². The van der Waals surface area contributed by atoms with Crippen LogP contribution >= 0.6 is 58.1 Å². The highest BCUT2D eigenvalue weighted by Gasteiger charge is 2.12. The zero-order valence-electron chi connectivity index (χ0n) is 13.0. The van der Waals surface area contributed by atoms with Crippen molar-refractivity contribution in [2.45, 2.75) is 10.1 Å². The Labute approximate surface area is 167 Å². The Hall–Kier alpha value is -1.000. The number of thioether (sulfide) groups is 2. The minimum Gasteiger partial charge on any atom is -0.468 e. The molecule has 0 aliphatic rings. The largest absolute Gasteiger partial charge is 0.468 e. The van der Waals surface area contributed by atoms with E-state index in [0.29, 0.717) is 25.3 Å². The Morgan fingerprint density at radius 2 is 1.96 bits per heavy atom. The van der Waals surface area contributed by atoms with Crippen LogP contribution in [-0.4, -0.2) is 40.7 Å². The summed E-state index contributed by atoms with van der Waals surface area (Å²) in [6.07, 6.45) is 0. The van der Waals surface area contributed by atoms with E-state index in [2.05, 4.69) is 20.3 Å². The molecule has 1 N–H and O–H groups in total. The van der Waals surface area contributed by atoms with Crippen LogP contribution in [0.5, 0.6) is 0 Å². The van der Waals surface area contributed by atoms with Crippen LogP contribution in [0.25, 0.3) is 0 Å². The van der Waals surface area contributed by atoms with Gasteiger partial charge in [0, 0.05) is 15.8 Å². The molecular weight excluding hydrogens is 425 g/mol. The molecule has 0 saturated heterocycles. The number of hydrogen-bond donors (Lipinski definition) is 1. The summed E-state index contributed by atoms with van der Waals surface area (Å²) in [6, 6.07) is 5.30. The number of esters is 1. The summed E-state index contributed by atoms with van der Waals surface area (Å²) in [6.45, 7) is 0. The fraction of sp³-hybridized carbons (Fsp3) is 0.286. The van der Waals surface area contributed by atoms with Crippen LogP contribution in [0, 0.1) is 0 Å². The molecule has 2 rings (SSSR count). The zero-order chi connectivity index (χ0) is 18.2. The van der Waals surface area contributed by atoms with Crippen LogP contribution in [0.4, 0.5) is 5.13 Å². The maximum absolute atomic E-state index is 12.0. The Morgan fingerprint density at radius 3 is 2.64 bits per heavy atom. The first-order valence-electron chi connectivity index (χ1n) is 6.83. The van der Waals surface area contributed by atoms with Gasteiger partial charge in [-0.15, -0.1) is 22.0 Å². The Kier molecular flexibility index (Phi) is 8.31. The molecule has 134 valence electrons. The highest BCUT2D eigenvalue weighted by atomic mass is 35.5. The van der Waals surface area contributed by atoms with Crippen LogP contribution in [0.2, 0.25) is 10.0 Å².